The smallest absolute Gasteiger partial charge is 0.229 e. The summed E-state index contributed by atoms with van der Waals surface area (Å²) in [6.45, 7) is 4.43. The lowest BCUT2D eigenvalue weighted by Crippen LogP contribution is -2.41. The monoisotopic (exact) mass is 338 g/mol. The number of rotatable bonds is 2. The van der Waals surface area contributed by atoms with Crippen molar-refractivity contribution in [1.82, 2.24) is 10.6 Å². The second-order valence-corrected chi connectivity index (χ2v) is 4.92. The average molecular weight is 339 g/mol. The number of halogens is 1. The molecule has 2 amide bonds. The fourth-order valence-electron chi connectivity index (χ4n) is 1.29. The van der Waals surface area contributed by atoms with Gasteiger partial charge < -0.3 is 0 Å². The van der Waals surface area contributed by atoms with Crippen LogP contribution in [0.2, 0.25) is 0 Å². The fourth-order valence-corrected chi connectivity index (χ4v) is 1.55. The van der Waals surface area contributed by atoms with Crippen molar-refractivity contribution in [3.8, 4) is 0 Å². The summed E-state index contributed by atoms with van der Waals surface area (Å²) in [4.78, 5) is 22.0. The first kappa shape index (κ1) is 16.0. The second kappa shape index (κ2) is 7.54. The van der Waals surface area contributed by atoms with Crippen LogP contribution in [0, 0.1) is 0 Å². The molecule has 0 heterocycles. The Morgan fingerprint density at radius 3 is 1.90 bits per heavy atom. The van der Waals surface area contributed by atoms with Gasteiger partial charge in [-0.05, 0) is 24.6 Å². The third kappa shape index (κ3) is 5.75. The zero-order chi connectivity index (χ0) is 15.1. The molecule has 7 heteroatoms. The molecule has 0 aromatic heterocycles. The first-order chi connectivity index (χ1) is 9.38. The van der Waals surface area contributed by atoms with Gasteiger partial charge in [-0.25, -0.2) is 0 Å². The Labute approximate surface area is 125 Å². The van der Waals surface area contributed by atoms with Crippen molar-refractivity contribution in [1.29, 1.82) is 0 Å². The first-order valence-electron chi connectivity index (χ1n) is 5.82. The van der Waals surface area contributed by atoms with E-state index in [0.717, 1.165) is 10.0 Å². The normalized spacial score (nSPS) is 10.7. The van der Waals surface area contributed by atoms with Crippen LogP contribution in [0.15, 0.2) is 38.9 Å². The summed E-state index contributed by atoms with van der Waals surface area (Å²) < 4.78 is 0.967. The number of hydrogen-bond acceptors (Lipinski definition) is 4. The topological polar surface area (TPSA) is 82.9 Å². The minimum atomic E-state index is -0.339. The molecule has 0 saturated heterocycles. The first-order valence-corrected chi connectivity index (χ1v) is 6.61. The van der Waals surface area contributed by atoms with E-state index in [4.69, 9.17) is 0 Å². The number of nitrogens with zero attached hydrogens (tertiary/aromatic N) is 2. The maximum Gasteiger partial charge on any atom is 0.229 e. The van der Waals surface area contributed by atoms with Crippen LogP contribution in [0.4, 0.5) is 0 Å². The van der Waals surface area contributed by atoms with Gasteiger partial charge in [0.1, 0.15) is 0 Å². The van der Waals surface area contributed by atoms with Crippen LogP contribution in [0.1, 0.15) is 26.3 Å². The van der Waals surface area contributed by atoms with Crippen molar-refractivity contribution in [3.05, 3.63) is 34.3 Å². The number of guanidine groups is 1. The Morgan fingerprint density at radius 2 is 1.45 bits per heavy atom. The summed E-state index contributed by atoms with van der Waals surface area (Å²) in [5, 5.41) is 12.6. The van der Waals surface area contributed by atoms with E-state index in [1.807, 2.05) is 24.3 Å². The van der Waals surface area contributed by atoms with Crippen LogP contribution in [-0.4, -0.2) is 23.5 Å². The highest BCUT2D eigenvalue weighted by molar-refractivity contribution is 9.10. The molecule has 1 aromatic rings. The van der Waals surface area contributed by atoms with Crippen molar-refractivity contribution >= 4 is 39.4 Å². The van der Waals surface area contributed by atoms with E-state index in [1.54, 1.807) is 6.92 Å². The van der Waals surface area contributed by atoms with E-state index < -0.39 is 0 Å². The number of nitrogens with one attached hydrogen (secondary N) is 2. The van der Waals surface area contributed by atoms with Gasteiger partial charge in [-0.3, -0.25) is 20.2 Å². The van der Waals surface area contributed by atoms with Crippen LogP contribution in [-0.2, 0) is 9.59 Å². The zero-order valence-electron chi connectivity index (χ0n) is 11.4. The second-order valence-electron chi connectivity index (χ2n) is 4.00. The van der Waals surface area contributed by atoms with E-state index in [2.05, 4.69) is 36.8 Å². The number of hydrogen-bond donors (Lipinski definition) is 2. The standard InChI is InChI=1S/C13H15BrN4O2/c1-8(11-4-6-12(14)7-5-11)17-18-13(15-9(2)19)16-10(3)20/h4-7H,1-3H3,(H2,15,16,18,19,20). The molecule has 0 aliphatic carbocycles. The summed E-state index contributed by atoms with van der Waals surface area (Å²) in [5.41, 5.74) is 1.55. The van der Waals surface area contributed by atoms with Gasteiger partial charge in [0.15, 0.2) is 0 Å². The van der Waals surface area contributed by atoms with E-state index >= 15 is 0 Å². The SMILES string of the molecule is CC(=O)NC(=NN=C(C)c1ccc(Br)cc1)NC(C)=O. The van der Waals surface area contributed by atoms with Gasteiger partial charge in [0, 0.05) is 18.3 Å². The summed E-state index contributed by atoms with van der Waals surface area (Å²) in [6, 6.07) is 7.55. The lowest BCUT2D eigenvalue weighted by Gasteiger charge is -2.05. The molecule has 1 rings (SSSR count). The van der Waals surface area contributed by atoms with Crippen molar-refractivity contribution in [2.75, 3.05) is 0 Å². The lowest BCUT2D eigenvalue weighted by atomic mass is 10.1. The molecule has 0 spiro atoms. The lowest BCUT2D eigenvalue weighted by molar-refractivity contribution is -0.117. The minimum absolute atomic E-state index is 0.00135. The van der Waals surface area contributed by atoms with Crippen LogP contribution in [0.3, 0.4) is 0 Å². The summed E-state index contributed by atoms with van der Waals surface area (Å²) in [5.74, 6) is -0.676. The molecule has 1 aromatic carbocycles. The van der Waals surface area contributed by atoms with Gasteiger partial charge >= 0.3 is 0 Å². The molecule has 20 heavy (non-hydrogen) atoms. The van der Waals surface area contributed by atoms with Gasteiger partial charge in [0.2, 0.25) is 17.8 Å². The predicted octanol–water partition coefficient (Wildman–Crippen LogP) is 1.80. The Balaban J connectivity index is 2.92. The quantitative estimate of drug-likeness (QED) is 0.489. The molecule has 0 atom stereocenters. The van der Waals surface area contributed by atoms with Crippen molar-refractivity contribution in [3.63, 3.8) is 0 Å². The predicted molar refractivity (Wildman–Crippen MR) is 81.4 cm³/mol. The molecule has 0 aliphatic heterocycles. The minimum Gasteiger partial charge on any atom is -0.295 e. The van der Waals surface area contributed by atoms with Gasteiger partial charge in [0.05, 0.1) is 5.71 Å². The Bertz CT molecular complexity index is 546. The molecule has 106 valence electrons. The average Bonchev–Trinajstić information content (AvgIpc) is 2.35. The highest BCUT2D eigenvalue weighted by atomic mass is 79.9. The Morgan fingerprint density at radius 1 is 0.950 bits per heavy atom. The Kier molecular flexibility index (Phi) is 6.05. The molecule has 0 fully saturated rings. The molecule has 0 saturated carbocycles. The fraction of sp³-hybridized carbons (Fsp3) is 0.231. The van der Waals surface area contributed by atoms with Crippen LogP contribution in [0.5, 0.6) is 0 Å². The van der Waals surface area contributed by atoms with Crippen molar-refractivity contribution in [2.45, 2.75) is 20.8 Å². The molecule has 0 bridgehead atoms. The summed E-state index contributed by atoms with van der Waals surface area (Å²) >= 11 is 3.35. The van der Waals surface area contributed by atoms with Gasteiger partial charge in [-0.15, -0.1) is 5.10 Å². The molecule has 0 unspecified atom stereocenters. The van der Waals surface area contributed by atoms with Crippen molar-refractivity contribution in [2.24, 2.45) is 10.2 Å². The molecule has 2 N–H and O–H groups in total. The number of amides is 2. The molecular formula is C13H15BrN4O2. The van der Waals surface area contributed by atoms with E-state index in [0.29, 0.717) is 5.71 Å². The summed E-state index contributed by atoms with van der Waals surface area (Å²) in [7, 11) is 0. The molecule has 0 aliphatic rings. The van der Waals surface area contributed by atoms with Crippen LogP contribution < -0.4 is 10.6 Å². The largest absolute Gasteiger partial charge is 0.295 e. The highest BCUT2D eigenvalue weighted by Gasteiger charge is 2.03. The summed E-state index contributed by atoms with van der Waals surface area (Å²) in [6.07, 6.45) is 0. The van der Waals surface area contributed by atoms with Gasteiger partial charge in [-0.1, -0.05) is 28.1 Å². The van der Waals surface area contributed by atoms with E-state index in [9.17, 15) is 9.59 Å². The van der Waals surface area contributed by atoms with Crippen LogP contribution in [0.25, 0.3) is 0 Å². The zero-order valence-corrected chi connectivity index (χ0v) is 13.0. The maximum atomic E-state index is 11.0. The molecular weight excluding hydrogens is 324 g/mol. The van der Waals surface area contributed by atoms with Crippen molar-refractivity contribution < 1.29 is 9.59 Å². The number of carbonyl (C=O) groups is 2. The number of carbonyl (C=O) groups excluding carboxylic acids is 2. The van der Waals surface area contributed by atoms with E-state index in [1.165, 1.54) is 13.8 Å². The third-order valence-electron chi connectivity index (χ3n) is 2.15. The van der Waals surface area contributed by atoms with Gasteiger partial charge in [0.25, 0.3) is 0 Å². The third-order valence-corrected chi connectivity index (χ3v) is 2.68. The van der Waals surface area contributed by atoms with Gasteiger partial charge in [-0.2, -0.15) is 5.10 Å². The maximum absolute atomic E-state index is 11.0. The van der Waals surface area contributed by atoms with Crippen LogP contribution >= 0.6 is 15.9 Å². The number of benzene rings is 1. The molecule has 6 nitrogen and oxygen atoms in total. The Hall–Kier alpha value is -2.02. The highest BCUT2D eigenvalue weighted by Crippen LogP contribution is 2.11. The molecule has 0 radical (unpaired) electrons. The van der Waals surface area contributed by atoms with E-state index in [-0.39, 0.29) is 17.8 Å².